The summed E-state index contributed by atoms with van der Waals surface area (Å²) in [5, 5.41) is 2.92. The zero-order valence-corrected chi connectivity index (χ0v) is 28.7. The van der Waals surface area contributed by atoms with Crippen LogP contribution in [0.25, 0.3) is 0 Å². The van der Waals surface area contributed by atoms with Crippen LogP contribution < -0.4 is 0 Å². The van der Waals surface area contributed by atoms with E-state index in [1.54, 1.807) is 0 Å². The predicted octanol–water partition coefficient (Wildman–Crippen LogP) is 9.76. The van der Waals surface area contributed by atoms with Crippen molar-refractivity contribution >= 4 is 17.6 Å². The minimum Gasteiger partial charge on any atom is -0.0627 e. The quantitative estimate of drug-likeness (QED) is 0.284. The van der Waals surface area contributed by atoms with Gasteiger partial charge in [0, 0.05) is 27.3 Å². The van der Waals surface area contributed by atoms with Crippen LogP contribution in [0.15, 0.2) is 0 Å². The molecule has 160 valence electrons. The van der Waals surface area contributed by atoms with Gasteiger partial charge in [0.05, 0.1) is 17.6 Å². The van der Waals surface area contributed by atoms with Crippen LogP contribution >= 0.6 is 0 Å². The molecule has 0 atom stereocenters. The van der Waals surface area contributed by atoms with Crippen LogP contribution in [0, 0.1) is 0 Å². The van der Waals surface area contributed by atoms with Crippen molar-refractivity contribution in [1.29, 1.82) is 0 Å². The van der Waals surface area contributed by atoms with Gasteiger partial charge in [-0.1, -0.05) is 125 Å². The fourth-order valence-electron chi connectivity index (χ4n) is 6.75. The molecule has 0 aliphatic carbocycles. The molecule has 2 radical (unpaired) electrons. The van der Waals surface area contributed by atoms with Gasteiger partial charge in [0.25, 0.3) is 0 Å². The Hall–Kier alpha value is 1.36. The second kappa shape index (κ2) is 10.1. The van der Waals surface area contributed by atoms with Crippen molar-refractivity contribution in [3.05, 3.63) is 0 Å². The molecule has 0 spiro atoms. The monoisotopic (exact) mass is 512 g/mol. The van der Waals surface area contributed by atoms with Crippen LogP contribution in [0.4, 0.5) is 0 Å². The molecule has 0 fully saturated rings. The molecule has 0 aromatic heterocycles. The van der Waals surface area contributed by atoms with Crippen molar-refractivity contribution in [3.63, 3.8) is 0 Å². The topological polar surface area (TPSA) is 0 Å². The molecule has 27 heavy (non-hydrogen) atoms. The van der Waals surface area contributed by atoms with E-state index in [9.17, 15) is 0 Å². The molecule has 3 heteroatoms. The third-order valence-corrected chi connectivity index (χ3v) is 13.5. The van der Waals surface area contributed by atoms with E-state index in [0.717, 1.165) is 0 Å². The fourth-order valence-corrected chi connectivity index (χ4v) is 20.2. The number of rotatable bonds is 0. The molecule has 0 aliphatic rings. The maximum atomic E-state index is 2.40. The van der Waals surface area contributed by atoms with Gasteiger partial charge in [-0.05, 0) is 30.2 Å². The molecule has 0 unspecified atom stereocenters. The van der Waals surface area contributed by atoms with Crippen molar-refractivity contribution < 1.29 is 27.3 Å². The van der Waals surface area contributed by atoms with Crippen LogP contribution in [-0.2, 0) is 27.3 Å². The zero-order valence-electron chi connectivity index (χ0n) is 22.7. The maximum Gasteiger partial charge on any atom is 0.0652 e. The van der Waals surface area contributed by atoms with Gasteiger partial charge in [-0.25, -0.2) is 0 Å². The van der Waals surface area contributed by atoms with E-state index in [-0.39, 0.29) is 27.3 Å². The molecule has 0 nitrogen and oxygen atoms in total. The van der Waals surface area contributed by atoms with Gasteiger partial charge in [0.2, 0.25) is 0 Å². The van der Waals surface area contributed by atoms with Crippen molar-refractivity contribution in [1.82, 2.24) is 0 Å². The summed E-state index contributed by atoms with van der Waals surface area (Å²) < 4.78 is 0. The molecule has 0 amide bonds. The Morgan fingerprint density at radius 3 is 0.333 bits per heavy atom. The first kappa shape index (κ1) is 33.0. The summed E-state index contributed by atoms with van der Waals surface area (Å²) in [6, 6.07) is 0. The second-order valence-corrected chi connectivity index (χ2v) is 24.8. The van der Waals surface area contributed by atoms with E-state index in [1.807, 2.05) is 0 Å². The third-order valence-electron chi connectivity index (χ3n) is 4.50. The van der Waals surface area contributed by atoms with Crippen LogP contribution in [0.1, 0.15) is 125 Å². The van der Waals surface area contributed by atoms with Crippen LogP contribution in [0.2, 0.25) is 30.2 Å². The van der Waals surface area contributed by atoms with Gasteiger partial charge in [-0.15, -0.1) is 0 Å². The molecular formula is C24H54CdSi2. The number of hydrogen-bond donors (Lipinski definition) is 0. The molecule has 0 rings (SSSR count). The summed E-state index contributed by atoms with van der Waals surface area (Å²) >= 11 is 0. The van der Waals surface area contributed by atoms with E-state index < -0.39 is 17.6 Å². The van der Waals surface area contributed by atoms with Gasteiger partial charge >= 0.3 is 0 Å². The summed E-state index contributed by atoms with van der Waals surface area (Å²) in [6.07, 6.45) is 0. The van der Waals surface area contributed by atoms with Crippen molar-refractivity contribution in [2.75, 3.05) is 0 Å². The minimum absolute atomic E-state index is 0. The summed E-state index contributed by atoms with van der Waals surface area (Å²) in [5.41, 5.74) is 0. The minimum atomic E-state index is -0.391. The third kappa shape index (κ3) is 12.6. The van der Waals surface area contributed by atoms with E-state index in [0.29, 0.717) is 30.2 Å². The number of hydrogen-bond acceptors (Lipinski definition) is 0. The first-order valence-electron chi connectivity index (χ1n) is 10.5. The summed E-state index contributed by atoms with van der Waals surface area (Å²) in [7, 11) is -0.782. The first-order valence-corrected chi connectivity index (χ1v) is 13.5. The summed E-state index contributed by atoms with van der Waals surface area (Å²) in [4.78, 5) is 0. The average molecular weight is 511 g/mol. The Morgan fingerprint density at radius 1 is 0.259 bits per heavy atom. The van der Waals surface area contributed by atoms with Gasteiger partial charge in [-0.2, -0.15) is 0 Å². The molecule has 0 heterocycles. The predicted molar refractivity (Wildman–Crippen MR) is 130 cm³/mol. The molecule has 0 saturated carbocycles. The standard InChI is InChI=1S/2C12H27Si.Cd/c2*1-10(2,3)13(11(4,5)6)12(7,8)9;/h2*1-9H3;. The second-order valence-electron chi connectivity index (χ2n) is 14.2. The Balaban J connectivity index is -0.000000411. The Kier molecular flexibility index (Phi) is 12.4. The molecule has 0 aromatic carbocycles. The first-order chi connectivity index (χ1) is 10.7. The Morgan fingerprint density at radius 2 is 0.333 bits per heavy atom. The fraction of sp³-hybridized carbons (Fsp3) is 1.00. The molecule has 0 bridgehead atoms. The van der Waals surface area contributed by atoms with Crippen LogP contribution in [-0.4, -0.2) is 17.6 Å². The van der Waals surface area contributed by atoms with Gasteiger partial charge in [-0.3, -0.25) is 0 Å². The molecule has 0 aromatic rings. The maximum absolute atomic E-state index is 2.40. The van der Waals surface area contributed by atoms with E-state index in [4.69, 9.17) is 0 Å². The van der Waals surface area contributed by atoms with Gasteiger partial charge in [0.15, 0.2) is 0 Å². The summed E-state index contributed by atoms with van der Waals surface area (Å²) in [6.45, 7) is 43.2. The van der Waals surface area contributed by atoms with Crippen molar-refractivity contribution in [3.8, 4) is 0 Å². The SMILES string of the molecule is CC(C)(C)[Si](C(C)(C)C)C(C)(C)C.CC(C)(C)[Si](C(C)(C)C)C(C)(C)C.[Cd]. The molecule has 0 aliphatic heterocycles. The van der Waals surface area contributed by atoms with Crippen LogP contribution in [0.5, 0.6) is 0 Å². The molecule has 0 saturated heterocycles. The normalized spacial score (nSPS) is 14.7. The average Bonchev–Trinajstić information content (AvgIpc) is 1.97. The van der Waals surface area contributed by atoms with Crippen molar-refractivity contribution in [2.24, 2.45) is 0 Å². The van der Waals surface area contributed by atoms with E-state index in [1.165, 1.54) is 0 Å². The Bertz CT molecular complexity index is 304. The van der Waals surface area contributed by atoms with E-state index in [2.05, 4.69) is 125 Å². The van der Waals surface area contributed by atoms with Gasteiger partial charge in [0.1, 0.15) is 0 Å². The van der Waals surface area contributed by atoms with E-state index >= 15 is 0 Å². The molecule has 0 N–H and O–H groups in total. The Labute approximate surface area is 198 Å². The summed E-state index contributed by atoms with van der Waals surface area (Å²) in [5.74, 6) is 0. The largest absolute Gasteiger partial charge is 0.0652 e. The van der Waals surface area contributed by atoms with Crippen molar-refractivity contribution in [2.45, 2.75) is 155 Å². The van der Waals surface area contributed by atoms with Gasteiger partial charge < -0.3 is 0 Å². The molecular weight excluding hydrogens is 457 g/mol. The smallest absolute Gasteiger partial charge is 0.0627 e. The zero-order chi connectivity index (χ0) is 22.2. The van der Waals surface area contributed by atoms with Crippen LogP contribution in [0.3, 0.4) is 0 Å².